The average molecular weight is 224 g/mol. The zero-order valence-electron chi connectivity index (χ0n) is 9.68. The van der Waals surface area contributed by atoms with Crippen LogP contribution in [0.2, 0.25) is 5.02 Å². The topological polar surface area (TPSA) is 3.24 Å². The molecular formula is C13H18ClN. The third-order valence-electron chi connectivity index (χ3n) is 3.15. The van der Waals surface area contributed by atoms with Crippen molar-refractivity contribution >= 4 is 11.6 Å². The van der Waals surface area contributed by atoms with Crippen LogP contribution in [-0.2, 0) is 13.0 Å². The van der Waals surface area contributed by atoms with Crippen molar-refractivity contribution in [2.45, 2.75) is 32.7 Å². The predicted octanol–water partition coefficient (Wildman–Crippen LogP) is 3.45. The summed E-state index contributed by atoms with van der Waals surface area (Å²) in [5, 5.41) is 0.882. The molecule has 1 aromatic carbocycles. The lowest BCUT2D eigenvalue weighted by atomic mass is 9.89. The van der Waals surface area contributed by atoms with Gasteiger partial charge < -0.3 is 4.90 Å². The van der Waals surface area contributed by atoms with Crippen LogP contribution in [0.1, 0.15) is 36.5 Å². The lowest BCUT2D eigenvalue weighted by Crippen LogP contribution is -2.27. The van der Waals surface area contributed by atoms with Crippen LogP contribution in [0.25, 0.3) is 0 Å². The predicted molar refractivity (Wildman–Crippen MR) is 65.6 cm³/mol. The van der Waals surface area contributed by atoms with E-state index in [1.807, 2.05) is 0 Å². The molecular weight excluding hydrogens is 206 g/mol. The van der Waals surface area contributed by atoms with Crippen LogP contribution in [0, 0.1) is 0 Å². The Morgan fingerprint density at radius 2 is 2.07 bits per heavy atom. The Morgan fingerprint density at radius 3 is 2.73 bits per heavy atom. The highest BCUT2D eigenvalue weighted by Crippen LogP contribution is 2.30. The van der Waals surface area contributed by atoms with Gasteiger partial charge in [-0.15, -0.1) is 0 Å². The first-order chi connectivity index (χ1) is 7.08. The molecule has 0 amide bonds. The molecule has 1 nitrogen and oxygen atoms in total. The van der Waals surface area contributed by atoms with E-state index in [-0.39, 0.29) is 0 Å². The Bertz CT molecular complexity index is 371. The van der Waals surface area contributed by atoms with E-state index in [1.54, 1.807) is 0 Å². The average Bonchev–Trinajstić information content (AvgIpc) is 2.15. The highest BCUT2D eigenvalue weighted by molar-refractivity contribution is 6.30. The van der Waals surface area contributed by atoms with Crippen molar-refractivity contribution in [3.63, 3.8) is 0 Å². The van der Waals surface area contributed by atoms with Gasteiger partial charge in [0.15, 0.2) is 0 Å². The summed E-state index contributed by atoms with van der Waals surface area (Å²) in [6.07, 6.45) is 1.16. The quantitative estimate of drug-likeness (QED) is 0.705. The van der Waals surface area contributed by atoms with E-state index in [4.69, 9.17) is 11.6 Å². The molecule has 0 radical (unpaired) electrons. The number of nitrogens with zero attached hydrogens (tertiary/aromatic N) is 1. The summed E-state index contributed by atoms with van der Waals surface area (Å²) in [5.74, 6) is 0.570. The van der Waals surface area contributed by atoms with Gasteiger partial charge in [0.2, 0.25) is 0 Å². The fourth-order valence-corrected chi connectivity index (χ4v) is 2.60. The molecule has 0 saturated heterocycles. The van der Waals surface area contributed by atoms with Crippen LogP contribution in [0.4, 0.5) is 0 Å². The van der Waals surface area contributed by atoms with E-state index >= 15 is 0 Å². The number of rotatable bonds is 1. The van der Waals surface area contributed by atoms with Gasteiger partial charge in [-0.25, -0.2) is 0 Å². The van der Waals surface area contributed by atoms with Crippen LogP contribution in [0.3, 0.4) is 0 Å². The third kappa shape index (κ3) is 2.19. The maximum Gasteiger partial charge on any atom is 0.0412 e. The summed E-state index contributed by atoms with van der Waals surface area (Å²) < 4.78 is 0. The van der Waals surface area contributed by atoms with E-state index in [9.17, 15) is 0 Å². The Kier molecular flexibility index (Phi) is 3.03. The van der Waals surface area contributed by atoms with Crippen molar-refractivity contribution in [3.05, 3.63) is 33.8 Å². The van der Waals surface area contributed by atoms with Crippen molar-refractivity contribution in [1.29, 1.82) is 0 Å². The number of fused-ring (bicyclic) bond motifs is 1. The van der Waals surface area contributed by atoms with Crippen LogP contribution < -0.4 is 0 Å². The maximum absolute atomic E-state index is 6.16. The smallest absolute Gasteiger partial charge is 0.0412 e. The van der Waals surface area contributed by atoms with Crippen molar-refractivity contribution in [2.75, 3.05) is 13.6 Å². The Balaban J connectivity index is 2.49. The second-order valence-electron chi connectivity index (χ2n) is 4.78. The van der Waals surface area contributed by atoms with Crippen molar-refractivity contribution in [3.8, 4) is 0 Å². The van der Waals surface area contributed by atoms with E-state index in [0.717, 1.165) is 24.5 Å². The molecule has 0 spiro atoms. The molecule has 82 valence electrons. The van der Waals surface area contributed by atoms with Gasteiger partial charge in [0.1, 0.15) is 0 Å². The number of hydrogen-bond donors (Lipinski definition) is 0. The summed E-state index contributed by atoms with van der Waals surface area (Å²) in [6, 6.07) is 4.26. The Hall–Kier alpha value is -0.530. The minimum atomic E-state index is 0.570. The normalized spacial score (nSPS) is 16.9. The number of halogens is 1. The first-order valence-corrected chi connectivity index (χ1v) is 5.95. The largest absolute Gasteiger partial charge is 0.302 e. The molecule has 1 aromatic rings. The molecule has 0 atom stereocenters. The molecule has 0 fully saturated rings. The van der Waals surface area contributed by atoms with Gasteiger partial charge in [0.25, 0.3) is 0 Å². The molecule has 2 heteroatoms. The van der Waals surface area contributed by atoms with Crippen molar-refractivity contribution in [1.82, 2.24) is 4.90 Å². The summed E-state index contributed by atoms with van der Waals surface area (Å²) in [4.78, 5) is 2.35. The maximum atomic E-state index is 6.16. The SMILES string of the molecule is CC(C)c1cc(Cl)cc2c1CCN(C)C2. The molecule has 0 N–H and O–H groups in total. The summed E-state index contributed by atoms with van der Waals surface area (Å²) in [7, 11) is 2.17. The summed E-state index contributed by atoms with van der Waals surface area (Å²) in [5.41, 5.74) is 4.39. The van der Waals surface area contributed by atoms with Gasteiger partial charge in [-0.05, 0) is 48.2 Å². The minimum Gasteiger partial charge on any atom is -0.302 e. The van der Waals surface area contributed by atoms with Crippen LogP contribution in [-0.4, -0.2) is 18.5 Å². The molecule has 1 aliphatic heterocycles. The Labute approximate surface area is 97.0 Å². The van der Waals surface area contributed by atoms with Gasteiger partial charge in [0.05, 0.1) is 0 Å². The van der Waals surface area contributed by atoms with Gasteiger partial charge >= 0.3 is 0 Å². The number of likely N-dealkylation sites (N-methyl/N-ethyl adjacent to an activating group) is 1. The summed E-state index contributed by atoms with van der Waals surface area (Å²) in [6.45, 7) is 6.68. The lowest BCUT2D eigenvalue weighted by molar-refractivity contribution is 0.312. The molecule has 0 bridgehead atoms. The molecule has 0 aliphatic carbocycles. The second kappa shape index (κ2) is 4.15. The highest BCUT2D eigenvalue weighted by Gasteiger charge is 2.18. The molecule has 0 aromatic heterocycles. The van der Waals surface area contributed by atoms with Gasteiger partial charge in [0, 0.05) is 18.1 Å². The van der Waals surface area contributed by atoms with Crippen LogP contribution in [0.15, 0.2) is 12.1 Å². The Morgan fingerprint density at radius 1 is 1.33 bits per heavy atom. The molecule has 0 unspecified atom stereocenters. The standard InChI is InChI=1S/C13H18ClN/c1-9(2)13-7-11(14)6-10-8-15(3)5-4-12(10)13/h6-7,9H,4-5,8H2,1-3H3. The fourth-order valence-electron chi connectivity index (χ4n) is 2.35. The number of hydrogen-bond acceptors (Lipinski definition) is 1. The fraction of sp³-hybridized carbons (Fsp3) is 0.538. The van der Waals surface area contributed by atoms with Gasteiger partial charge in [-0.2, -0.15) is 0 Å². The summed E-state index contributed by atoms with van der Waals surface area (Å²) >= 11 is 6.16. The van der Waals surface area contributed by atoms with Crippen LogP contribution >= 0.6 is 11.6 Å². The van der Waals surface area contributed by atoms with E-state index in [1.165, 1.54) is 16.7 Å². The molecule has 2 rings (SSSR count). The highest BCUT2D eigenvalue weighted by atomic mass is 35.5. The third-order valence-corrected chi connectivity index (χ3v) is 3.37. The lowest BCUT2D eigenvalue weighted by Gasteiger charge is -2.28. The molecule has 1 aliphatic rings. The zero-order chi connectivity index (χ0) is 11.0. The van der Waals surface area contributed by atoms with Gasteiger partial charge in [-0.3, -0.25) is 0 Å². The van der Waals surface area contributed by atoms with E-state index in [0.29, 0.717) is 5.92 Å². The van der Waals surface area contributed by atoms with E-state index < -0.39 is 0 Å². The van der Waals surface area contributed by atoms with Crippen LogP contribution in [0.5, 0.6) is 0 Å². The zero-order valence-corrected chi connectivity index (χ0v) is 10.4. The number of benzene rings is 1. The molecule has 0 saturated carbocycles. The molecule has 15 heavy (non-hydrogen) atoms. The first-order valence-electron chi connectivity index (χ1n) is 5.57. The monoisotopic (exact) mass is 223 g/mol. The molecule has 1 heterocycles. The van der Waals surface area contributed by atoms with Crippen molar-refractivity contribution < 1.29 is 0 Å². The first kappa shape index (κ1) is 11.0. The second-order valence-corrected chi connectivity index (χ2v) is 5.21. The van der Waals surface area contributed by atoms with E-state index in [2.05, 4.69) is 37.9 Å². The van der Waals surface area contributed by atoms with Crippen molar-refractivity contribution in [2.24, 2.45) is 0 Å². The van der Waals surface area contributed by atoms with Gasteiger partial charge in [-0.1, -0.05) is 25.4 Å². The minimum absolute atomic E-state index is 0.570.